The van der Waals surface area contributed by atoms with Gasteiger partial charge < -0.3 is 5.73 Å². The van der Waals surface area contributed by atoms with Crippen LogP contribution in [0, 0.1) is 12.8 Å². The molecule has 0 radical (unpaired) electrons. The molecule has 2 heterocycles. The number of hydrogen-bond acceptors (Lipinski definition) is 4. The zero-order valence-electron chi connectivity index (χ0n) is 10.1. The van der Waals surface area contributed by atoms with Gasteiger partial charge in [-0.25, -0.2) is 8.42 Å². The van der Waals surface area contributed by atoms with Crippen molar-refractivity contribution in [2.24, 2.45) is 11.7 Å². The highest BCUT2D eigenvalue weighted by Crippen LogP contribution is 2.29. The molecule has 0 spiro atoms. The molecule has 17 heavy (non-hydrogen) atoms. The van der Waals surface area contributed by atoms with Crippen LogP contribution in [0.15, 0.2) is 16.3 Å². The second kappa shape index (κ2) is 4.68. The molecule has 6 heteroatoms. The van der Waals surface area contributed by atoms with Crippen molar-refractivity contribution >= 4 is 21.4 Å². The Morgan fingerprint density at radius 1 is 1.53 bits per heavy atom. The van der Waals surface area contributed by atoms with Crippen LogP contribution in [0.1, 0.15) is 18.2 Å². The number of aryl methyl sites for hydroxylation is 1. The van der Waals surface area contributed by atoms with E-state index >= 15 is 0 Å². The number of nitrogens with two attached hydrogens (primary N) is 1. The number of nitrogens with zero attached hydrogens (tertiary/aromatic N) is 1. The second-order valence-electron chi connectivity index (χ2n) is 4.64. The van der Waals surface area contributed by atoms with Gasteiger partial charge in [-0.2, -0.15) is 4.31 Å². The standard InChI is InChI=1S/C11H18N2O2S2/c1-8-3-4-11(16-8)17(14,15)13-6-5-10(7-13)9(2)12/h3-4,9-10H,5-7,12H2,1-2H3. The Labute approximate surface area is 106 Å². The summed E-state index contributed by atoms with van der Waals surface area (Å²) in [6.07, 6.45) is 0.862. The lowest BCUT2D eigenvalue weighted by Crippen LogP contribution is -2.32. The quantitative estimate of drug-likeness (QED) is 0.906. The van der Waals surface area contributed by atoms with Crippen LogP contribution in [-0.4, -0.2) is 31.9 Å². The first kappa shape index (κ1) is 13.0. The van der Waals surface area contributed by atoms with Crippen molar-refractivity contribution in [2.45, 2.75) is 30.5 Å². The maximum Gasteiger partial charge on any atom is 0.252 e. The zero-order chi connectivity index (χ0) is 12.6. The molecule has 96 valence electrons. The zero-order valence-corrected chi connectivity index (χ0v) is 11.7. The van der Waals surface area contributed by atoms with E-state index in [0.29, 0.717) is 17.3 Å². The van der Waals surface area contributed by atoms with E-state index in [4.69, 9.17) is 5.73 Å². The minimum atomic E-state index is -3.29. The summed E-state index contributed by atoms with van der Waals surface area (Å²) in [7, 11) is -3.29. The van der Waals surface area contributed by atoms with E-state index in [2.05, 4.69) is 0 Å². The lowest BCUT2D eigenvalue weighted by molar-refractivity contribution is 0.430. The first-order valence-corrected chi connectivity index (χ1v) is 7.99. The van der Waals surface area contributed by atoms with Gasteiger partial charge in [0.05, 0.1) is 0 Å². The van der Waals surface area contributed by atoms with Gasteiger partial charge in [0.25, 0.3) is 10.0 Å². The van der Waals surface area contributed by atoms with Gasteiger partial charge in [-0.15, -0.1) is 11.3 Å². The maximum atomic E-state index is 12.3. The molecule has 0 aromatic carbocycles. The van der Waals surface area contributed by atoms with E-state index in [0.717, 1.165) is 11.3 Å². The van der Waals surface area contributed by atoms with Crippen LogP contribution in [0.4, 0.5) is 0 Å². The van der Waals surface area contributed by atoms with Crippen LogP contribution in [0.5, 0.6) is 0 Å². The van der Waals surface area contributed by atoms with Gasteiger partial charge in [0.1, 0.15) is 4.21 Å². The van der Waals surface area contributed by atoms with Crippen LogP contribution >= 0.6 is 11.3 Å². The van der Waals surface area contributed by atoms with Gasteiger partial charge >= 0.3 is 0 Å². The number of hydrogen-bond donors (Lipinski definition) is 1. The SMILES string of the molecule is Cc1ccc(S(=O)(=O)N2CCC(C(C)N)C2)s1. The normalized spacial score (nSPS) is 24.1. The second-order valence-corrected chi connectivity index (χ2v) is 8.09. The summed E-state index contributed by atoms with van der Waals surface area (Å²) in [6.45, 7) is 5.00. The summed E-state index contributed by atoms with van der Waals surface area (Å²) in [5.41, 5.74) is 5.83. The fourth-order valence-electron chi connectivity index (χ4n) is 2.08. The molecule has 0 amide bonds. The summed E-state index contributed by atoms with van der Waals surface area (Å²) >= 11 is 1.33. The van der Waals surface area contributed by atoms with E-state index in [1.807, 2.05) is 19.9 Å². The van der Waals surface area contributed by atoms with Gasteiger partial charge in [-0.3, -0.25) is 0 Å². The molecule has 2 rings (SSSR count). The lowest BCUT2D eigenvalue weighted by atomic mass is 10.0. The van der Waals surface area contributed by atoms with Crippen molar-refractivity contribution in [3.05, 3.63) is 17.0 Å². The molecule has 1 aliphatic heterocycles. The molecule has 1 aromatic heterocycles. The molecule has 0 aliphatic carbocycles. The number of thiophene rings is 1. The smallest absolute Gasteiger partial charge is 0.252 e. The van der Waals surface area contributed by atoms with Crippen LogP contribution in [0.2, 0.25) is 0 Å². The van der Waals surface area contributed by atoms with Gasteiger partial charge in [0.2, 0.25) is 0 Å². The molecule has 2 unspecified atom stereocenters. The largest absolute Gasteiger partial charge is 0.328 e. The van der Waals surface area contributed by atoms with Crippen LogP contribution in [0.3, 0.4) is 0 Å². The first-order valence-electron chi connectivity index (χ1n) is 5.73. The third-order valence-corrected chi connectivity index (χ3v) is 6.57. The van der Waals surface area contributed by atoms with Crippen molar-refractivity contribution < 1.29 is 8.42 Å². The van der Waals surface area contributed by atoms with E-state index in [9.17, 15) is 8.42 Å². The summed E-state index contributed by atoms with van der Waals surface area (Å²) in [5, 5.41) is 0. The van der Waals surface area contributed by atoms with Gasteiger partial charge in [-0.05, 0) is 38.3 Å². The Bertz CT molecular complexity index is 493. The minimum absolute atomic E-state index is 0.0558. The average Bonchev–Trinajstić information content (AvgIpc) is 2.85. The Hall–Kier alpha value is -0.430. The fourth-order valence-corrected chi connectivity index (χ4v) is 5.03. The predicted octanol–water partition coefficient (Wildman–Crippen LogP) is 1.41. The molecule has 1 saturated heterocycles. The molecule has 2 atom stereocenters. The molecule has 4 nitrogen and oxygen atoms in total. The maximum absolute atomic E-state index is 12.3. The number of rotatable bonds is 3. The highest BCUT2D eigenvalue weighted by atomic mass is 32.2. The predicted molar refractivity (Wildman–Crippen MR) is 69.6 cm³/mol. The summed E-state index contributed by atoms with van der Waals surface area (Å²) in [6, 6.07) is 3.59. The summed E-state index contributed by atoms with van der Waals surface area (Å²) in [5.74, 6) is 0.283. The van der Waals surface area contributed by atoms with Crippen molar-refractivity contribution in [1.82, 2.24) is 4.31 Å². The van der Waals surface area contributed by atoms with Gasteiger partial charge in [-0.1, -0.05) is 0 Å². The molecule has 0 saturated carbocycles. The summed E-state index contributed by atoms with van der Waals surface area (Å²) in [4.78, 5) is 1.02. The molecule has 2 N–H and O–H groups in total. The van der Waals surface area contributed by atoms with E-state index in [1.54, 1.807) is 10.4 Å². The van der Waals surface area contributed by atoms with Crippen LogP contribution in [-0.2, 0) is 10.0 Å². The molecule has 1 fully saturated rings. The Morgan fingerprint density at radius 2 is 2.24 bits per heavy atom. The molecule has 1 aliphatic rings. The van der Waals surface area contributed by atoms with E-state index in [-0.39, 0.29) is 12.0 Å². The van der Waals surface area contributed by atoms with Crippen molar-refractivity contribution in [3.63, 3.8) is 0 Å². The Kier molecular flexibility index (Phi) is 3.58. The van der Waals surface area contributed by atoms with Crippen molar-refractivity contribution in [3.8, 4) is 0 Å². The summed E-state index contributed by atoms with van der Waals surface area (Å²) < 4.78 is 26.6. The average molecular weight is 274 g/mol. The Balaban J connectivity index is 2.18. The highest BCUT2D eigenvalue weighted by molar-refractivity contribution is 7.91. The molecule has 0 bridgehead atoms. The minimum Gasteiger partial charge on any atom is -0.328 e. The lowest BCUT2D eigenvalue weighted by Gasteiger charge is -2.17. The van der Waals surface area contributed by atoms with Crippen molar-refractivity contribution in [1.29, 1.82) is 0 Å². The number of sulfonamides is 1. The monoisotopic (exact) mass is 274 g/mol. The third-order valence-electron chi connectivity index (χ3n) is 3.24. The van der Waals surface area contributed by atoms with Crippen LogP contribution in [0.25, 0.3) is 0 Å². The molecular weight excluding hydrogens is 256 g/mol. The van der Waals surface area contributed by atoms with Gasteiger partial charge in [0.15, 0.2) is 0 Å². The third kappa shape index (κ3) is 2.54. The van der Waals surface area contributed by atoms with E-state index < -0.39 is 10.0 Å². The van der Waals surface area contributed by atoms with E-state index in [1.165, 1.54) is 11.3 Å². The molecular formula is C11H18N2O2S2. The first-order chi connectivity index (χ1) is 7.91. The topological polar surface area (TPSA) is 63.4 Å². The van der Waals surface area contributed by atoms with Gasteiger partial charge in [0, 0.05) is 24.0 Å². The molecule has 1 aromatic rings. The van der Waals surface area contributed by atoms with Crippen molar-refractivity contribution in [2.75, 3.05) is 13.1 Å². The Morgan fingerprint density at radius 3 is 2.71 bits per heavy atom. The van der Waals surface area contributed by atoms with Crippen LogP contribution < -0.4 is 5.73 Å². The highest BCUT2D eigenvalue weighted by Gasteiger charge is 2.34. The fraction of sp³-hybridized carbons (Fsp3) is 0.636.